The van der Waals surface area contributed by atoms with Crippen molar-refractivity contribution in [1.82, 2.24) is 5.32 Å². The Morgan fingerprint density at radius 1 is 1.12 bits per heavy atom. The lowest BCUT2D eigenvalue weighted by atomic mass is 9.84. The number of unbranched alkanes of at least 4 members (excludes halogenated alkanes) is 2. The van der Waals surface area contributed by atoms with E-state index < -0.39 is 0 Å². The third-order valence-corrected chi connectivity index (χ3v) is 5.05. The van der Waals surface area contributed by atoms with E-state index in [1.54, 1.807) is 0 Å². The Morgan fingerprint density at radius 3 is 2.53 bits per heavy atom. The van der Waals surface area contributed by atoms with Crippen molar-refractivity contribution >= 4 is 11.8 Å². The summed E-state index contributed by atoms with van der Waals surface area (Å²) in [5.41, 5.74) is 0. The second-order valence-corrected chi connectivity index (χ2v) is 6.49. The van der Waals surface area contributed by atoms with Crippen LogP contribution < -0.4 is 5.32 Å². The first kappa shape index (κ1) is 15.4. The van der Waals surface area contributed by atoms with E-state index in [1.165, 1.54) is 62.9 Å². The zero-order chi connectivity index (χ0) is 12.3. The average molecular weight is 257 g/mol. The summed E-state index contributed by atoms with van der Waals surface area (Å²) in [4.78, 5) is 0. The molecule has 0 amide bonds. The normalized spacial score (nSPS) is 19.4. The van der Waals surface area contributed by atoms with Crippen LogP contribution in [-0.2, 0) is 0 Å². The third-order valence-electron chi connectivity index (χ3n) is 3.87. The molecular formula is C15H31NS. The van der Waals surface area contributed by atoms with Crippen LogP contribution in [0.3, 0.4) is 0 Å². The molecule has 102 valence electrons. The van der Waals surface area contributed by atoms with Gasteiger partial charge in [-0.25, -0.2) is 0 Å². The van der Waals surface area contributed by atoms with Crippen LogP contribution >= 0.6 is 11.8 Å². The highest BCUT2D eigenvalue weighted by atomic mass is 32.2. The Kier molecular flexibility index (Phi) is 9.27. The minimum absolute atomic E-state index is 0.784. The van der Waals surface area contributed by atoms with Gasteiger partial charge in [0.1, 0.15) is 0 Å². The lowest BCUT2D eigenvalue weighted by molar-refractivity contribution is 0.288. The van der Waals surface area contributed by atoms with Crippen LogP contribution in [0.5, 0.6) is 0 Å². The Labute approximate surface area is 113 Å². The summed E-state index contributed by atoms with van der Waals surface area (Å²) in [6.07, 6.45) is 11.5. The van der Waals surface area contributed by atoms with Crippen LogP contribution in [0.25, 0.3) is 0 Å². The first-order valence-corrected chi connectivity index (χ1v) is 8.85. The molecule has 0 bridgehead atoms. The van der Waals surface area contributed by atoms with Gasteiger partial charge in [0.2, 0.25) is 0 Å². The molecule has 17 heavy (non-hydrogen) atoms. The highest BCUT2D eigenvalue weighted by Gasteiger charge is 2.22. The highest BCUT2D eigenvalue weighted by molar-refractivity contribution is 7.99. The fraction of sp³-hybridized carbons (Fsp3) is 1.00. The third kappa shape index (κ3) is 6.71. The summed E-state index contributed by atoms with van der Waals surface area (Å²) < 4.78 is 0. The Morgan fingerprint density at radius 2 is 1.88 bits per heavy atom. The zero-order valence-electron chi connectivity index (χ0n) is 11.8. The molecule has 1 unspecified atom stereocenters. The maximum Gasteiger partial charge on any atom is 0.0186 e. The molecule has 0 radical (unpaired) electrons. The fourth-order valence-electron chi connectivity index (χ4n) is 2.82. The molecule has 1 aliphatic rings. The van der Waals surface area contributed by atoms with Crippen LogP contribution in [0.1, 0.15) is 65.2 Å². The van der Waals surface area contributed by atoms with E-state index in [4.69, 9.17) is 0 Å². The van der Waals surface area contributed by atoms with E-state index in [0.717, 1.165) is 18.5 Å². The first-order valence-electron chi connectivity index (χ1n) is 7.69. The largest absolute Gasteiger partial charge is 0.313 e. The van der Waals surface area contributed by atoms with Crippen molar-refractivity contribution in [2.45, 2.75) is 71.3 Å². The lowest BCUT2D eigenvalue weighted by Crippen LogP contribution is -2.39. The van der Waals surface area contributed by atoms with Crippen molar-refractivity contribution in [3.63, 3.8) is 0 Å². The predicted molar refractivity (Wildman–Crippen MR) is 80.9 cm³/mol. The monoisotopic (exact) mass is 257 g/mol. The second kappa shape index (κ2) is 10.3. The molecule has 2 heteroatoms. The molecular weight excluding hydrogens is 226 g/mol. The van der Waals surface area contributed by atoms with Gasteiger partial charge in [0.25, 0.3) is 0 Å². The van der Waals surface area contributed by atoms with Crippen molar-refractivity contribution in [3.8, 4) is 0 Å². The summed E-state index contributed by atoms with van der Waals surface area (Å²) in [6.45, 7) is 5.67. The quantitative estimate of drug-likeness (QED) is 0.612. The molecule has 0 saturated heterocycles. The molecule has 1 rings (SSSR count). The Bertz CT molecular complexity index is 166. The van der Waals surface area contributed by atoms with Crippen molar-refractivity contribution in [2.24, 2.45) is 5.92 Å². The molecule has 1 atom stereocenters. The van der Waals surface area contributed by atoms with E-state index in [0.29, 0.717) is 0 Å². The van der Waals surface area contributed by atoms with Gasteiger partial charge in [-0.05, 0) is 37.5 Å². The van der Waals surface area contributed by atoms with Crippen LogP contribution in [0.2, 0.25) is 0 Å². The smallest absolute Gasteiger partial charge is 0.0186 e. The number of hydrogen-bond donors (Lipinski definition) is 1. The standard InChI is InChI=1S/C15H31NS/c1-3-5-9-12-17-13-15(16-4-2)14-10-7-6-8-11-14/h14-16H,3-13H2,1-2H3. The number of thioether (sulfide) groups is 1. The van der Waals surface area contributed by atoms with Gasteiger partial charge in [-0.2, -0.15) is 11.8 Å². The molecule has 0 spiro atoms. The van der Waals surface area contributed by atoms with Crippen molar-refractivity contribution in [2.75, 3.05) is 18.1 Å². The van der Waals surface area contributed by atoms with Crippen LogP contribution in [0.15, 0.2) is 0 Å². The Balaban J connectivity index is 2.17. The molecule has 0 aromatic heterocycles. The maximum absolute atomic E-state index is 3.72. The van der Waals surface area contributed by atoms with E-state index in [-0.39, 0.29) is 0 Å². The number of hydrogen-bond acceptors (Lipinski definition) is 2. The summed E-state index contributed by atoms with van der Waals surface area (Å²) in [5, 5.41) is 3.72. The Hall–Kier alpha value is 0.310. The summed E-state index contributed by atoms with van der Waals surface area (Å²) in [5.74, 6) is 3.66. The van der Waals surface area contributed by atoms with Gasteiger partial charge in [-0.3, -0.25) is 0 Å². The molecule has 1 saturated carbocycles. The summed E-state index contributed by atoms with van der Waals surface area (Å²) in [6, 6.07) is 0.784. The van der Waals surface area contributed by atoms with Gasteiger partial charge in [-0.1, -0.05) is 46.0 Å². The molecule has 0 aliphatic heterocycles. The molecule has 0 heterocycles. The maximum atomic E-state index is 3.72. The van der Waals surface area contributed by atoms with Gasteiger partial charge >= 0.3 is 0 Å². The van der Waals surface area contributed by atoms with Gasteiger partial charge in [0, 0.05) is 11.8 Å². The van der Waals surface area contributed by atoms with E-state index >= 15 is 0 Å². The topological polar surface area (TPSA) is 12.0 Å². The van der Waals surface area contributed by atoms with E-state index in [9.17, 15) is 0 Å². The first-order chi connectivity index (χ1) is 8.38. The van der Waals surface area contributed by atoms with Crippen molar-refractivity contribution in [3.05, 3.63) is 0 Å². The highest BCUT2D eigenvalue weighted by Crippen LogP contribution is 2.28. The van der Waals surface area contributed by atoms with Gasteiger partial charge in [0.15, 0.2) is 0 Å². The van der Waals surface area contributed by atoms with Crippen molar-refractivity contribution in [1.29, 1.82) is 0 Å². The minimum atomic E-state index is 0.784. The van der Waals surface area contributed by atoms with Gasteiger partial charge < -0.3 is 5.32 Å². The zero-order valence-corrected chi connectivity index (χ0v) is 12.7. The van der Waals surface area contributed by atoms with E-state index in [2.05, 4.69) is 30.9 Å². The molecule has 1 nitrogen and oxygen atoms in total. The van der Waals surface area contributed by atoms with Crippen LogP contribution in [-0.4, -0.2) is 24.1 Å². The van der Waals surface area contributed by atoms with Crippen molar-refractivity contribution < 1.29 is 0 Å². The molecule has 1 fully saturated rings. The lowest BCUT2D eigenvalue weighted by Gasteiger charge is -2.30. The summed E-state index contributed by atoms with van der Waals surface area (Å²) >= 11 is 2.17. The summed E-state index contributed by atoms with van der Waals surface area (Å²) in [7, 11) is 0. The molecule has 1 aliphatic carbocycles. The predicted octanol–water partition coefficient (Wildman–Crippen LogP) is 4.47. The van der Waals surface area contributed by atoms with E-state index in [1.807, 2.05) is 0 Å². The number of nitrogens with one attached hydrogen (secondary N) is 1. The van der Waals surface area contributed by atoms with Gasteiger partial charge in [0.05, 0.1) is 0 Å². The second-order valence-electron chi connectivity index (χ2n) is 5.34. The van der Waals surface area contributed by atoms with Gasteiger partial charge in [-0.15, -0.1) is 0 Å². The minimum Gasteiger partial charge on any atom is -0.313 e. The van der Waals surface area contributed by atoms with Crippen LogP contribution in [0, 0.1) is 5.92 Å². The average Bonchev–Trinajstić information content (AvgIpc) is 2.38. The SMILES string of the molecule is CCCCCSCC(NCC)C1CCCCC1. The molecule has 0 aromatic carbocycles. The van der Waals surface area contributed by atoms with Crippen LogP contribution in [0.4, 0.5) is 0 Å². The molecule has 1 N–H and O–H groups in total. The fourth-order valence-corrected chi connectivity index (χ4v) is 4.04. The number of rotatable bonds is 9. The molecule has 0 aromatic rings.